The minimum absolute atomic E-state index is 0.509. The SMILES string of the molecule is Nc1nn(Cc2ccccc2)c2ccc(-c3ncccc3Cl)cc12. The van der Waals surface area contributed by atoms with Crippen LogP contribution in [0.15, 0.2) is 66.9 Å². The average Bonchev–Trinajstić information content (AvgIpc) is 2.92. The van der Waals surface area contributed by atoms with Crippen LogP contribution in [0.3, 0.4) is 0 Å². The maximum Gasteiger partial charge on any atom is 0.153 e. The second-order valence-corrected chi connectivity index (χ2v) is 6.00. The number of rotatable bonds is 3. The van der Waals surface area contributed by atoms with Crippen molar-refractivity contribution in [2.75, 3.05) is 5.73 Å². The van der Waals surface area contributed by atoms with Crippen molar-refractivity contribution in [1.82, 2.24) is 14.8 Å². The van der Waals surface area contributed by atoms with E-state index in [1.54, 1.807) is 6.20 Å². The smallest absolute Gasteiger partial charge is 0.153 e. The van der Waals surface area contributed by atoms with Gasteiger partial charge in [-0.1, -0.05) is 48.0 Å². The summed E-state index contributed by atoms with van der Waals surface area (Å²) in [5.74, 6) is 0.509. The van der Waals surface area contributed by atoms with Gasteiger partial charge in [-0.2, -0.15) is 5.10 Å². The zero-order valence-electron chi connectivity index (χ0n) is 12.9. The summed E-state index contributed by atoms with van der Waals surface area (Å²) in [6.07, 6.45) is 1.73. The number of hydrogen-bond acceptors (Lipinski definition) is 3. The lowest BCUT2D eigenvalue weighted by Crippen LogP contribution is -2.01. The van der Waals surface area contributed by atoms with Crippen molar-refractivity contribution in [3.8, 4) is 11.3 Å². The Hall–Kier alpha value is -2.85. The average molecular weight is 335 g/mol. The van der Waals surface area contributed by atoms with Gasteiger partial charge >= 0.3 is 0 Å². The molecule has 0 fully saturated rings. The predicted octanol–water partition coefficient (Wildman–Crippen LogP) is 4.38. The van der Waals surface area contributed by atoms with E-state index in [1.807, 2.05) is 53.2 Å². The van der Waals surface area contributed by atoms with Gasteiger partial charge < -0.3 is 5.73 Å². The van der Waals surface area contributed by atoms with Gasteiger partial charge in [-0.15, -0.1) is 0 Å². The van der Waals surface area contributed by atoms with E-state index in [9.17, 15) is 0 Å². The van der Waals surface area contributed by atoms with E-state index in [0.717, 1.165) is 22.2 Å². The molecular weight excluding hydrogens is 320 g/mol. The fraction of sp³-hybridized carbons (Fsp3) is 0.0526. The molecule has 2 aromatic heterocycles. The zero-order chi connectivity index (χ0) is 16.5. The monoisotopic (exact) mass is 334 g/mol. The molecule has 0 aliphatic carbocycles. The molecule has 118 valence electrons. The Kier molecular flexibility index (Phi) is 3.67. The minimum atomic E-state index is 0.509. The molecule has 2 aromatic carbocycles. The lowest BCUT2D eigenvalue weighted by molar-refractivity contribution is 0.716. The van der Waals surface area contributed by atoms with E-state index in [0.29, 0.717) is 17.4 Å². The Morgan fingerprint density at radius 3 is 2.62 bits per heavy atom. The van der Waals surface area contributed by atoms with Crippen LogP contribution < -0.4 is 5.73 Å². The number of fused-ring (bicyclic) bond motifs is 1. The molecule has 4 aromatic rings. The highest BCUT2D eigenvalue weighted by atomic mass is 35.5. The van der Waals surface area contributed by atoms with E-state index in [4.69, 9.17) is 17.3 Å². The molecule has 0 bridgehead atoms. The lowest BCUT2D eigenvalue weighted by Gasteiger charge is -2.05. The third-order valence-electron chi connectivity index (χ3n) is 3.99. The molecule has 0 saturated heterocycles. The van der Waals surface area contributed by atoms with Crippen molar-refractivity contribution in [2.45, 2.75) is 6.54 Å². The van der Waals surface area contributed by atoms with Crippen LogP contribution >= 0.6 is 11.6 Å². The lowest BCUT2D eigenvalue weighted by atomic mass is 10.1. The summed E-state index contributed by atoms with van der Waals surface area (Å²) in [6, 6.07) is 19.8. The summed E-state index contributed by atoms with van der Waals surface area (Å²) < 4.78 is 1.92. The topological polar surface area (TPSA) is 56.7 Å². The van der Waals surface area contributed by atoms with Crippen molar-refractivity contribution >= 4 is 28.3 Å². The number of aromatic nitrogens is 3. The van der Waals surface area contributed by atoms with Gasteiger partial charge in [-0.05, 0) is 29.8 Å². The molecule has 0 atom stereocenters. The Labute approximate surface area is 144 Å². The van der Waals surface area contributed by atoms with Crippen LogP contribution in [-0.2, 0) is 6.54 Å². The van der Waals surface area contributed by atoms with E-state index in [-0.39, 0.29) is 0 Å². The van der Waals surface area contributed by atoms with E-state index >= 15 is 0 Å². The number of nitrogens with zero attached hydrogens (tertiary/aromatic N) is 3. The highest BCUT2D eigenvalue weighted by molar-refractivity contribution is 6.33. The summed E-state index contributed by atoms with van der Waals surface area (Å²) in [4.78, 5) is 4.36. The number of nitrogens with two attached hydrogens (primary N) is 1. The molecule has 24 heavy (non-hydrogen) atoms. The fourth-order valence-corrected chi connectivity index (χ4v) is 3.06. The zero-order valence-corrected chi connectivity index (χ0v) is 13.6. The number of benzene rings is 2. The summed E-state index contributed by atoms with van der Waals surface area (Å²) in [7, 11) is 0. The van der Waals surface area contributed by atoms with Gasteiger partial charge in [0.05, 0.1) is 22.8 Å². The molecule has 0 aliphatic heterocycles. The van der Waals surface area contributed by atoms with Gasteiger partial charge in [0.15, 0.2) is 5.82 Å². The molecule has 0 saturated carbocycles. The molecule has 2 heterocycles. The second kappa shape index (κ2) is 5.98. The second-order valence-electron chi connectivity index (χ2n) is 5.59. The van der Waals surface area contributed by atoms with E-state index < -0.39 is 0 Å². The molecule has 0 aliphatic rings. The van der Waals surface area contributed by atoms with Crippen LogP contribution in [-0.4, -0.2) is 14.8 Å². The van der Waals surface area contributed by atoms with Gasteiger partial charge in [-0.25, -0.2) is 0 Å². The molecule has 2 N–H and O–H groups in total. The highest BCUT2D eigenvalue weighted by Crippen LogP contribution is 2.30. The standard InChI is InChI=1S/C19H15ClN4/c20-16-7-4-10-22-18(16)14-8-9-17-15(11-14)19(21)23-24(17)12-13-5-2-1-3-6-13/h1-11H,12H2,(H2,21,23). The van der Waals surface area contributed by atoms with Crippen LogP contribution in [0, 0.1) is 0 Å². The van der Waals surface area contributed by atoms with Crippen LogP contribution in [0.5, 0.6) is 0 Å². The van der Waals surface area contributed by atoms with Crippen LogP contribution in [0.1, 0.15) is 5.56 Å². The third-order valence-corrected chi connectivity index (χ3v) is 4.29. The van der Waals surface area contributed by atoms with Crippen LogP contribution in [0.2, 0.25) is 5.02 Å². The van der Waals surface area contributed by atoms with Crippen molar-refractivity contribution in [2.24, 2.45) is 0 Å². The van der Waals surface area contributed by atoms with Crippen molar-refractivity contribution in [3.63, 3.8) is 0 Å². The fourth-order valence-electron chi connectivity index (χ4n) is 2.83. The minimum Gasteiger partial charge on any atom is -0.382 e. The molecule has 0 spiro atoms. The first-order chi connectivity index (χ1) is 11.7. The van der Waals surface area contributed by atoms with Crippen LogP contribution in [0.4, 0.5) is 5.82 Å². The third kappa shape index (κ3) is 2.61. The van der Waals surface area contributed by atoms with Crippen molar-refractivity contribution in [1.29, 1.82) is 0 Å². The normalized spacial score (nSPS) is 11.0. The molecule has 0 radical (unpaired) electrons. The first-order valence-electron chi connectivity index (χ1n) is 7.63. The first kappa shape index (κ1) is 14.7. The summed E-state index contributed by atoms with van der Waals surface area (Å²) >= 11 is 6.25. The Bertz CT molecular complexity index is 1010. The van der Waals surface area contributed by atoms with Gasteiger partial charge in [0.1, 0.15) is 0 Å². The summed E-state index contributed by atoms with van der Waals surface area (Å²) in [5.41, 5.74) is 9.98. The Morgan fingerprint density at radius 2 is 1.83 bits per heavy atom. The number of pyridine rings is 1. The van der Waals surface area contributed by atoms with Gasteiger partial charge in [0.25, 0.3) is 0 Å². The van der Waals surface area contributed by atoms with Gasteiger partial charge in [-0.3, -0.25) is 9.67 Å². The van der Waals surface area contributed by atoms with E-state index in [1.165, 1.54) is 5.56 Å². The summed E-state index contributed by atoms with van der Waals surface area (Å²) in [5, 5.41) is 6.01. The predicted molar refractivity (Wildman–Crippen MR) is 97.9 cm³/mol. The molecule has 4 rings (SSSR count). The molecule has 0 unspecified atom stereocenters. The maximum atomic E-state index is 6.25. The Balaban J connectivity index is 1.79. The van der Waals surface area contributed by atoms with Crippen molar-refractivity contribution < 1.29 is 0 Å². The molecular formula is C19H15ClN4. The first-order valence-corrected chi connectivity index (χ1v) is 8.01. The molecule has 0 amide bonds. The molecule has 4 nitrogen and oxygen atoms in total. The molecule has 5 heteroatoms. The number of anilines is 1. The van der Waals surface area contributed by atoms with Crippen molar-refractivity contribution in [3.05, 3.63) is 77.4 Å². The maximum absolute atomic E-state index is 6.25. The quantitative estimate of drug-likeness (QED) is 0.604. The van der Waals surface area contributed by atoms with Gasteiger partial charge in [0.2, 0.25) is 0 Å². The summed E-state index contributed by atoms with van der Waals surface area (Å²) in [6.45, 7) is 0.679. The Morgan fingerprint density at radius 1 is 1.00 bits per heavy atom. The number of hydrogen-bond donors (Lipinski definition) is 1. The van der Waals surface area contributed by atoms with Gasteiger partial charge in [0, 0.05) is 17.1 Å². The number of halogens is 1. The number of nitrogen functional groups attached to an aromatic ring is 1. The largest absolute Gasteiger partial charge is 0.382 e. The van der Waals surface area contributed by atoms with Crippen LogP contribution in [0.25, 0.3) is 22.2 Å². The highest BCUT2D eigenvalue weighted by Gasteiger charge is 2.12. The van der Waals surface area contributed by atoms with E-state index in [2.05, 4.69) is 22.2 Å².